The second-order valence-electron chi connectivity index (χ2n) is 5.45. The van der Waals surface area contributed by atoms with E-state index in [-0.39, 0.29) is 5.82 Å². The molecule has 0 radical (unpaired) electrons. The average Bonchev–Trinajstić information content (AvgIpc) is 2.92. The zero-order valence-corrected chi connectivity index (χ0v) is 12.7. The summed E-state index contributed by atoms with van der Waals surface area (Å²) >= 11 is 0. The summed E-state index contributed by atoms with van der Waals surface area (Å²) in [5.74, 6) is 0.519. The molecule has 0 saturated heterocycles. The van der Waals surface area contributed by atoms with E-state index < -0.39 is 0 Å². The number of rotatable bonds is 3. The van der Waals surface area contributed by atoms with E-state index in [1.807, 2.05) is 24.3 Å². The van der Waals surface area contributed by atoms with Gasteiger partial charge in [-0.1, -0.05) is 19.1 Å². The van der Waals surface area contributed by atoms with E-state index in [1.54, 1.807) is 12.1 Å². The molecule has 0 unspecified atom stereocenters. The molecule has 0 aliphatic rings. The molecule has 0 spiro atoms. The number of fused-ring (bicyclic) bond motifs is 2. The van der Waals surface area contributed by atoms with Gasteiger partial charge in [0.25, 0.3) is 0 Å². The number of hydrogen-bond acceptors (Lipinski definition) is 3. The van der Waals surface area contributed by atoms with Gasteiger partial charge in [0.05, 0.1) is 11.0 Å². The van der Waals surface area contributed by atoms with Crippen LogP contribution in [0.25, 0.3) is 33.7 Å². The second-order valence-corrected chi connectivity index (χ2v) is 5.45. The highest BCUT2D eigenvalue weighted by molar-refractivity contribution is 5.84. The fraction of sp³-hybridized carbons (Fsp3) is 0.167. The summed E-state index contributed by atoms with van der Waals surface area (Å²) in [7, 11) is 0. The first-order valence-corrected chi connectivity index (χ1v) is 7.65. The third-order valence-electron chi connectivity index (χ3n) is 3.81. The van der Waals surface area contributed by atoms with Gasteiger partial charge in [-0.2, -0.15) is 0 Å². The Morgan fingerprint density at radius 3 is 2.30 bits per heavy atom. The topological polar surface area (TPSA) is 43.6 Å². The summed E-state index contributed by atoms with van der Waals surface area (Å²) in [5.41, 5.74) is 3.93. The van der Waals surface area contributed by atoms with Crippen LogP contribution in [-0.4, -0.2) is 19.5 Å². The largest absolute Gasteiger partial charge is 0.307 e. The molecule has 2 aromatic carbocycles. The van der Waals surface area contributed by atoms with E-state index in [2.05, 4.69) is 21.5 Å². The molecule has 0 atom stereocenters. The van der Waals surface area contributed by atoms with Crippen molar-refractivity contribution in [1.29, 1.82) is 0 Å². The fourth-order valence-electron chi connectivity index (χ4n) is 2.75. The van der Waals surface area contributed by atoms with Crippen molar-refractivity contribution in [3.05, 3.63) is 54.3 Å². The van der Waals surface area contributed by atoms with Crippen molar-refractivity contribution >= 4 is 22.3 Å². The monoisotopic (exact) mass is 306 g/mol. The smallest absolute Gasteiger partial charge is 0.198 e. The van der Waals surface area contributed by atoms with Crippen molar-refractivity contribution < 1.29 is 4.39 Å². The van der Waals surface area contributed by atoms with Gasteiger partial charge in [-0.05, 0) is 42.8 Å². The molecule has 0 N–H and O–H groups in total. The number of aromatic nitrogens is 4. The number of benzene rings is 2. The lowest BCUT2D eigenvalue weighted by atomic mass is 10.2. The summed E-state index contributed by atoms with van der Waals surface area (Å²) in [6.45, 7) is 2.89. The van der Waals surface area contributed by atoms with Crippen molar-refractivity contribution in [2.45, 2.75) is 19.9 Å². The number of aryl methyl sites for hydroxylation is 1. The van der Waals surface area contributed by atoms with Crippen LogP contribution in [0.2, 0.25) is 0 Å². The molecule has 4 nitrogen and oxygen atoms in total. The maximum absolute atomic E-state index is 13.2. The Hall–Kier alpha value is -2.82. The van der Waals surface area contributed by atoms with Crippen molar-refractivity contribution in [2.24, 2.45) is 0 Å². The molecule has 4 rings (SSSR count). The minimum atomic E-state index is -0.256. The van der Waals surface area contributed by atoms with Crippen molar-refractivity contribution in [2.75, 3.05) is 0 Å². The van der Waals surface area contributed by atoms with Crippen molar-refractivity contribution in [3.63, 3.8) is 0 Å². The third-order valence-corrected chi connectivity index (χ3v) is 3.81. The molecule has 114 valence electrons. The standard InChI is InChI=1S/C18H15FN4/c1-2-11-23-17(12-7-9-13(19)10-8-12)22-16-18(23)21-15-6-4-3-5-14(15)20-16/h3-10H,2,11H2,1H3. The van der Waals surface area contributed by atoms with Crippen LogP contribution in [-0.2, 0) is 6.54 Å². The van der Waals surface area contributed by atoms with Crippen LogP contribution in [0.1, 0.15) is 13.3 Å². The van der Waals surface area contributed by atoms with Crippen LogP contribution in [0.5, 0.6) is 0 Å². The average molecular weight is 306 g/mol. The van der Waals surface area contributed by atoms with Gasteiger partial charge in [-0.3, -0.25) is 0 Å². The third kappa shape index (κ3) is 2.34. The summed E-state index contributed by atoms with van der Waals surface area (Å²) in [6.07, 6.45) is 0.953. The lowest BCUT2D eigenvalue weighted by Gasteiger charge is -2.07. The van der Waals surface area contributed by atoms with Gasteiger partial charge in [0.1, 0.15) is 11.6 Å². The van der Waals surface area contributed by atoms with Crippen LogP contribution in [0.15, 0.2) is 48.5 Å². The van der Waals surface area contributed by atoms with Gasteiger partial charge < -0.3 is 4.57 Å². The van der Waals surface area contributed by atoms with Crippen molar-refractivity contribution in [1.82, 2.24) is 19.5 Å². The van der Waals surface area contributed by atoms with E-state index in [1.165, 1.54) is 12.1 Å². The SMILES string of the molecule is CCCn1c(-c2ccc(F)cc2)nc2nc3ccccc3nc21. The molecule has 0 bridgehead atoms. The first kappa shape index (κ1) is 13.8. The van der Waals surface area contributed by atoms with E-state index in [0.717, 1.165) is 41.0 Å². The Kier molecular flexibility index (Phi) is 3.26. The van der Waals surface area contributed by atoms with E-state index in [0.29, 0.717) is 5.65 Å². The van der Waals surface area contributed by atoms with E-state index in [4.69, 9.17) is 4.98 Å². The number of para-hydroxylation sites is 2. The first-order chi connectivity index (χ1) is 11.3. The van der Waals surface area contributed by atoms with Crippen LogP contribution < -0.4 is 0 Å². The minimum absolute atomic E-state index is 0.256. The molecule has 4 aromatic rings. The zero-order chi connectivity index (χ0) is 15.8. The summed E-state index contributed by atoms with van der Waals surface area (Å²) in [5, 5.41) is 0. The molecule has 2 aromatic heterocycles. The molecule has 0 aliphatic carbocycles. The molecule has 0 amide bonds. The van der Waals surface area contributed by atoms with Gasteiger partial charge in [-0.15, -0.1) is 0 Å². The Morgan fingerprint density at radius 2 is 1.61 bits per heavy atom. The van der Waals surface area contributed by atoms with Gasteiger partial charge >= 0.3 is 0 Å². The predicted octanol–water partition coefficient (Wildman–Crippen LogP) is 4.20. The van der Waals surface area contributed by atoms with Crippen LogP contribution in [0.3, 0.4) is 0 Å². The van der Waals surface area contributed by atoms with E-state index in [9.17, 15) is 4.39 Å². The Balaban J connectivity index is 2.00. The van der Waals surface area contributed by atoms with Crippen molar-refractivity contribution in [3.8, 4) is 11.4 Å². The highest BCUT2D eigenvalue weighted by Gasteiger charge is 2.15. The normalized spacial score (nSPS) is 11.4. The molecule has 0 saturated carbocycles. The van der Waals surface area contributed by atoms with Crippen LogP contribution in [0.4, 0.5) is 4.39 Å². The Morgan fingerprint density at radius 1 is 0.913 bits per heavy atom. The molecule has 2 heterocycles. The van der Waals surface area contributed by atoms with Gasteiger partial charge in [-0.25, -0.2) is 19.3 Å². The first-order valence-electron chi connectivity index (χ1n) is 7.65. The molecule has 5 heteroatoms. The fourth-order valence-corrected chi connectivity index (χ4v) is 2.75. The molecule has 23 heavy (non-hydrogen) atoms. The molecule has 0 fully saturated rings. The number of nitrogens with zero attached hydrogens (tertiary/aromatic N) is 4. The zero-order valence-electron chi connectivity index (χ0n) is 12.7. The molecular formula is C18H15FN4. The highest BCUT2D eigenvalue weighted by atomic mass is 19.1. The maximum Gasteiger partial charge on any atom is 0.198 e. The Bertz CT molecular complexity index is 989. The second kappa shape index (κ2) is 5.43. The maximum atomic E-state index is 13.2. The molecule has 0 aliphatic heterocycles. The van der Waals surface area contributed by atoms with Crippen LogP contribution in [0, 0.1) is 5.82 Å². The number of halogens is 1. The lowest BCUT2D eigenvalue weighted by molar-refractivity contribution is 0.628. The minimum Gasteiger partial charge on any atom is -0.307 e. The number of imidazole rings is 1. The van der Waals surface area contributed by atoms with E-state index >= 15 is 0 Å². The highest BCUT2D eigenvalue weighted by Crippen LogP contribution is 2.25. The summed E-state index contributed by atoms with van der Waals surface area (Å²) < 4.78 is 15.3. The summed E-state index contributed by atoms with van der Waals surface area (Å²) in [4.78, 5) is 14.0. The quantitative estimate of drug-likeness (QED) is 0.570. The summed E-state index contributed by atoms with van der Waals surface area (Å²) in [6, 6.07) is 14.1. The van der Waals surface area contributed by atoms with Gasteiger partial charge in [0.15, 0.2) is 11.3 Å². The van der Waals surface area contributed by atoms with Gasteiger partial charge in [0.2, 0.25) is 0 Å². The van der Waals surface area contributed by atoms with Gasteiger partial charge in [0, 0.05) is 12.1 Å². The van der Waals surface area contributed by atoms with Crippen LogP contribution >= 0.6 is 0 Å². The predicted molar refractivity (Wildman–Crippen MR) is 88.5 cm³/mol. The number of hydrogen-bond donors (Lipinski definition) is 0. The molecular weight excluding hydrogens is 291 g/mol. The lowest BCUT2D eigenvalue weighted by Crippen LogP contribution is -2.01. The Labute approximate surface area is 132 Å².